The summed E-state index contributed by atoms with van der Waals surface area (Å²) in [6, 6.07) is 20.1. The summed E-state index contributed by atoms with van der Waals surface area (Å²) in [5.74, 6) is 0.944. The van der Waals surface area contributed by atoms with Gasteiger partial charge in [-0.05, 0) is 72.9 Å². The lowest BCUT2D eigenvalue weighted by atomic mass is 10.1. The van der Waals surface area contributed by atoms with Crippen LogP contribution >= 0.6 is 11.6 Å². The predicted molar refractivity (Wildman–Crippen MR) is 132 cm³/mol. The van der Waals surface area contributed by atoms with Gasteiger partial charge in [0.15, 0.2) is 0 Å². The lowest BCUT2D eigenvalue weighted by Gasteiger charge is -2.12. The van der Waals surface area contributed by atoms with Crippen molar-refractivity contribution in [1.29, 1.82) is 0 Å². The molecule has 4 aromatic rings. The Morgan fingerprint density at radius 2 is 1.75 bits per heavy atom. The number of fused-ring (bicyclic) bond motifs is 1. The van der Waals surface area contributed by atoms with Gasteiger partial charge in [-0.1, -0.05) is 48.9 Å². The summed E-state index contributed by atoms with van der Waals surface area (Å²) in [5, 5.41) is 3.68. The Morgan fingerprint density at radius 3 is 2.47 bits per heavy atom. The highest BCUT2D eigenvalue weighted by atomic mass is 35.5. The molecule has 1 amide bonds. The Morgan fingerprint density at radius 1 is 1.03 bits per heavy atom. The Labute approximate surface area is 194 Å². The van der Waals surface area contributed by atoms with E-state index in [9.17, 15) is 4.79 Å². The first-order valence-corrected chi connectivity index (χ1v) is 11.4. The van der Waals surface area contributed by atoms with Crippen LogP contribution in [0.15, 0.2) is 60.7 Å². The highest BCUT2D eigenvalue weighted by Crippen LogP contribution is 2.25. The summed E-state index contributed by atoms with van der Waals surface area (Å²) in [5.41, 5.74) is 7.43. The zero-order valence-electron chi connectivity index (χ0n) is 18.8. The molecule has 0 aliphatic rings. The fourth-order valence-corrected chi connectivity index (χ4v) is 4.04. The minimum atomic E-state index is -0.0306. The second-order valence-corrected chi connectivity index (χ2v) is 8.67. The third-order valence-electron chi connectivity index (χ3n) is 5.84. The number of benzene rings is 3. The van der Waals surface area contributed by atoms with E-state index in [0.29, 0.717) is 25.1 Å². The van der Waals surface area contributed by atoms with Gasteiger partial charge in [-0.25, -0.2) is 4.98 Å². The highest BCUT2D eigenvalue weighted by molar-refractivity contribution is 6.31. The van der Waals surface area contributed by atoms with Crippen molar-refractivity contribution in [3.05, 3.63) is 99.3 Å². The van der Waals surface area contributed by atoms with Crippen LogP contribution in [-0.2, 0) is 13.0 Å². The maximum atomic E-state index is 12.2. The van der Waals surface area contributed by atoms with Crippen molar-refractivity contribution in [1.82, 2.24) is 14.9 Å². The molecule has 0 spiro atoms. The molecule has 0 aliphatic carbocycles. The Kier molecular flexibility index (Phi) is 6.61. The first-order chi connectivity index (χ1) is 15.5. The largest absolute Gasteiger partial charge is 0.352 e. The first kappa shape index (κ1) is 22.1. The maximum absolute atomic E-state index is 12.2. The molecule has 0 aliphatic heterocycles. The molecule has 1 heterocycles. The summed E-state index contributed by atoms with van der Waals surface area (Å²) in [4.78, 5) is 17.2. The summed E-state index contributed by atoms with van der Waals surface area (Å²) in [7, 11) is 0. The topological polar surface area (TPSA) is 46.9 Å². The molecule has 32 heavy (non-hydrogen) atoms. The molecule has 164 valence electrons. The first-order valence-electron chi connectivity index (χ1n) is 11.0. The van der Waals surface area contributed by atoms with Crippen molar-refractivity contribution in [2.45, 2.75) is 40.2 Å². The lowest BCUT2D eigenvalue weighted by molar-refractivity contribution is 0.0953. The third kappa shape index (κ3) is 4.71. The van der Waals surface area contributed by atoms with Crippen molar-refractivity contribution >= 4 is 28.5 Å². The van der Waals surface area contributed by atoms with Gasteiger partial charge in [0.25, 0.3) is 5.91 Å². The molecule has 0 saturated carbocycles. The molecule has 0 unspecified atom stereocenters. The molecule has 1 aromatic heterocycles. The number of carbonyl (C=O) groups excluding carboxylic acids is 1. The van der Waals surface area contributed by atoms with E-state index < -0.39 is 0 Å². The van der Waals surface area contributed by atoms with Crippen LogP contribution in [0, 0.1) is 13.8 Å². The fourth-order valence-electron chi connectivity index (χ4n) is 3.84. The number of aromatic nitrogens is 2. The number of carbonyl (C=O) groups is 1. The summed E-state index contributed by atoms with van der Waals surface area (Å²) < 4.78 is 2.26. The molecule has 1 N–H and O–H groups in total. The van der Waals surface area contributed by atoms with E-state index >= 15 is 0 Å². The van der Waals surface area contributed by atoms with Crippen LogP contribution in [0.2, 0.25) is 5.02 Å². The van der Waals surface area contributed by atoms with E-state index in [0.717, 1.165) is 39.4 Å². The fraction of sp³-hybridized carbons (Fsp3) is 0.259. The number of aryl methyl sites for hydroxylation is 2. The van der Waals surface area contributed by atoms with Crippen LogP contribution < -0.4 is 5.32 Å². The zero-order chi connectivity index (χ0) is 22.7. The Balaban J connectivity index is 1.69. The van der Waals surface area contributed by atoms with E-state index in [1.807, 2.05) is 55.5 Å². The van der Waals surface area contributed by atoms with E-state index in [-0.39, 0.29) is 5.91 Å². The summed E-state index contributed by atoms with van der Waals surface area (Å²) in [6.07, 6.45) is 1.58. The van der Waals surface area contributed by atoms with E-state index in [4.69, 9.17) is 16.6 Å². The zero-order valence-corrected chi connectivity index (χ0v) is 19.5. The van der Waals surface area contributed by atoms with Crippen molar-refractivity contribution in [3.8, 4) is 0 Å². The van der Waals surface area contributed by atoms with E-state index in [1.165, 1.54) is 11.1 Å². The maximum Gasteiger partial charge on any atom is 0.251 e. The average Bonchev–Trinajstić information content (AvgIpc) is 3.10. The van der Waals surface area contributed by atoms with Gasteiger partial charge in [0.2, 0.25) is 0 Å². The van der Waals surface area contributed by atoms with Gasteiger partial charge in [-0.15, -0.1) is 0 Å². The van der Waals surface area contributed by atoms with Gasteiger partial charge >= 0.3 is 0 Å². The molecule has 0 saturated heterocycles. The SMILES string of the molecule is CCCNC(=O)c1ccc(Cn2c(Cc3ccccc3Cl)nc3cc(C)c(C)cc32)cc1. The van der Waals surface area contributed by atoms with Crippen molar-refractivity contribution in [2.75, 3.05) is 6.54 Å². The van der Waals surface area contributed by atoms with Crippen molar-refractivity contribution < 1.29 is 4.79 Å². The molecule has 0 fully saturated rings. The van der Waals surface area contributed by atoms with Gasteiger partial charge in [-0.2, -0.15) is 0 Å². The minimum absolute atomic E-state index is 0.0306. The number of rotatable bonds is 7. The van der Waals surface area contributed by atoms with Crippen LogP contribution in [0.3, 0.4) is 0 Å². The second-order valence-electron chi connectivity index (χ2n) is 8.26. The van der Waals surface area contributed by atoms with Crippen LogP contribution in [0.25, 0.3) is 11.0 Å². The van der Waals surface area contributed by atoms with Crippen LogP contribution in [0.4, 0.5) is 0 Å². The smallest absolute Gasteiger partial charge is 0.251 e. The standard InChI is InChI=1S/C27H28ClN3O/c1-4-13-29-27(32)21-11-9-20(10-12-21)17-31-25-15-19(3)18(2)14-24(25)30-26(31)16-22-7-5-6-8-23(22)28/h5-12,14-15H,4,13,16-17H2,1-3H3,(H,29,32). The number of hydrogen-bond donors (Lipinski definition) is 1. The molecule has 5 heteroatoms. The van der Waals surface area contributed by atoms with E-state index in [1.54, 1.807) is 0 Å². The highest BCUT2D eigenvalue weighted by Gasteiger charge is 2.15. The number of imidazole rings is 1. The predicted octanol–water partition coefficient (Wildman–Crippen LogP) is 6.09. The average molecular weight is 446 g/mol. The van der Waals surface area contributed by atoms with Crippen molar-refractivity contribution in [3.63, 3.8) is 0 Å². The number of halogens is 1. The second kappa shape index (κ2) is 9.58. The molecule has 0 radical (unpaired) electrons. The molecule has 0 bridgehead atoms. The lowest BCUT2D eigenvalue weighted by Crippen LogP contribution is -2.23. The molecule has 0 atom stereocenters. The van der Waals surface area contributed by atoms with Gasteiger partial charge < -0.3 is 9.88 Å². The van der Waals surface area contributed by atoms with Crippen molar-refractivity contribution in [2.24, 2.45) is 0 Å². The normalized spacial score (nSPS) is 11.1. The number of nitrogens with one attached hydrogen (secondary N) is 1. The molecule has 4 rings (SSSR count). The molecular formula is C27H28ClN3O. The third-order valence-corrected chi connectivity index (χ3v) is 6.21. The van der Waals surface area contributed by atoms with Gasteiger partial charge in [0.1, 0.15) is 5.82 Å². The number of amides is 1. The number of nitrogens with zero attached hydrogens (tertiary/aromatic N) is 2. The summed E-state index contributed by atoms with van der Waals surface area (Å²) in [6.45, 7) is 7.65. The van der Waals surface area contributed by atoms with Crippen LogP contribution in [0.1, 0.15) is 51.8 Å². The minimum Gasteiger partial charge on any atom is -0.352 e. The quantitative estimate of drug-likeness (QED) is 0.374. The van der Waals surface area contributed by atoms with Gasteiger partial charge in [0.05, 0.1) is 11.0 Å². The summed E-state index contributed by atoms with van der Waals surface area (Å²) >= 11 is 6.44. The number of hydrogen-bond acceptors (Lipinski definition) is 2. The molecule has 4 nitrogen and oxygen atoms in total. The van der Waals surface area contributed by atoms with Crippen LogP contribution in [0.5, 0.6) is 0 Å². The van der Waals surface area contributed by atoms with Gasteiger partial charge in [-0.3, -0.25) is 4.79 Å². The van der Waals surface area contributed by atoms with E-state index in [2.05, 4.69) is 35.9 Å². The van der Waals surface area contributed by atoms with Crippen LogP contribution in [-0.4, -0.2) is 22.0 Å². The molecular weight excluding hydrogens is 418 g/mol. The Hall–Kier alpha value is -3.11. The molecule has 3 aromatic carbocycles. The Bertz CT molecular complexity index is 1260. The monoisotopic (exact) mass is 445 g/mol. The van der Waals surface area contributed by atoms with Gasteiger partial charge in [0, 0.05) is 30.1 Å².